The largest absolute Gasteiger partial charge is 0.443 e. The summed E-state index contributed by atoms with van der Waals surface area (Å²) in [6.07, 6.45) is 5.65. The maximum absolute atomic E-state index is 16.0. The zero-order chi connectivity index (χ0) is 30.9. The fourth-order valence-corrected chi connectivity index (χ4v) is 6.75. The topological polar surface area (TPSA) is 115 Å². The van der Waals surface area contributed by atoms with Crippen molar-refractivity contribution in [2.75, 3.05) is 30.0 Å². The molecule has 2 aromatic rings. The van der Waals surface area contributed by atoms with Crippen molar-refractivity contribution in [2.24, 2.45) is 11.8 Å². The molecule has 1 aliphatic carbocycles. The predicted molar refractivity (Wildman–Crippen MR) is 161 cm³/mol. The molecule has 1 aromatic carbocycles. The summed E-state index contributed by atoms with van der Waals surface area (Å²) in [5.41, 5.74) is 0.130. The first kappa shape index (κ1) is 31.0. The van der Waals surface area contributed by atoms with E-state index in [4.69, 9.17) is 9.47 Å². The Morgan fingerprint density at radius 2 is 1.86 bits per heavy atom. The molecule has 0 bridgehead atoms. The van der Waals surface area contributed by atoms with E-state index in [9.17, 15) is 14.4 Å². The SMILES string of the molecule is CCn1nccc1C(=O)N[C@H](C(=O)Nc1cc(F)c2c(c1)N(C(=O)OC(C)(C)C)CC21CCOCC1)C1CCC(C)CC1. The van der Waals surface area contributed by atoms with Crippen LogP contribution in [-0.4, -0.2) is 59.1 Å². The number of nitrogens with one attached hydrogen (secondary N) is 2. The Hall–Kier alpha value is -3.47. The number of ether oxygens (including phenoxy) is 2. The Morgan fingerprint density at radius 1 is 1.16 bits per heavy atom. The quantitative estimate of drug-likeness (QED) is 0.460. The summed E-state index contributed by atoms with van der Waals surface area (Å²) < 4.78 is 28.9. The average molecular weight is 598 g/mol. The van der Waals surface area contributed by atoms with Crippen molar-refractivity contribution in [1.82, 2.24) is 15.1 Å². The van der Waals surface area contributed by atoms with Gasteiger partial charge in [0.15, 0.2) is 0 Å². The number of aromatic nitrogens is 2. The number of nitrogens with zero attached hydrogens (tertiary/aromatic N) is 3. The molecule has 234 valence electrons. The van der Waals surface area contributed by atoms with Crippen molar-refractivity contribution >= 4 is 29.3 Å². The van der Waals surface area contributed by atoms with E-state index in [0.29, 0.717) is 55.5 Å². The van der Waals surface area contributed by atoms with E-state index < -0.39 is 34.9 Å². The Labute approximate surface area is 252 Å². The fourth-order valence-electron chi connectivity index (χ4n) is 6.75. The van der Waals surface area contributed by atoms with Crippen LogP contribution in [0.3, 0.4) is 0 Å². The van der Waals surface area contributed by atoms with Gasteiger partial charge in [0.05, 0.1) is 5.69 Å². The van der Waals surface area contributed by atoms with E-state index in [1.807, 2.05) is 6.92 Å². The molecule has 5 rings (SSSR count). The van der Waals surface area contributed by atoms with E-state index in [1.165, 1.54) is 11.0 Å². The zero-order valence-corrected chi connectivity index (χ0v) is 25.9. The lowest BCUT2D eigenvalue weighted by Crippen LogP contribution is -2.49. The molecule has 3 heterocycles. The fraction of sp³-hybridized carbons (Fsp3) is 0.625. The number of halogens is 1. The zero-order valence-electron chi connectivity index (χ0n) is 25.9. The van der Waals surface area contributed by atoms with E-state index in [-0.39, 0.29) is 24.1 Å². The van der Waals surface area contributed by atoms with Crippen molar-refractivity contribution in [3.63, 3.8) is 0 Å². The van der Waals surface area contributed by atoms with Crippen molar-refractivity contribution < 1.29 is 28.2 Å². The van der Waals surface area contributed by atoms with Crippen molar-refractivity contribution in [3.8, 4) is 0 Å². The molecule has 2 aliphatic heterocycles. The number of aryl methyl sites for hydroxylation is 1. The number of carbonyl (C=O) groups is 3. The molecule has 11 heteroatoms. The lowest BCUT2D eigenvalue weighted by molar-refractivity contribution is -0.119. The van der Waals surface area contributed by atoms with E-state index in [0.717, 1.165) is 25.7 Å². The van der Waals surface area contributed by atoms with Gasteiger partial charge in [-0.2, -0.15) is 5.10 Å². The van der Waals surface area contributed by atoms with Gasteiger partial charge < -0.3 is 20.1 Å². The highest BCUT2D eigenvalue weighted by atomic mass is 19.1. The molecule has 1 atom stereocenters. The van der Waals surface area contributed by atoms with Gasteiger partial charge in [0.1, 0.15) is 23.2 Å². The van der Waals surface area contributed by atoms with Crippen molar-refractivity contribution in [2.45, 2.75) is 96.7 Å². The van der Waals surface area contributed by atoms with Gasteiger partial charge in [-0.3, -0.25) is 19.2 Å². The Bertz CT molecular complexity index is 1350. The molecule has 1 saturated heterocycles. The second-order valence-electron chi connectivity index (χ2n) is 13.3. The van der Waals surface area contributed by atoms with Gasteiger partial charge in [0, 0.05) is 49.2 Å². The first-order valence-electron chi connectivity index (χ1n) is 15.5. The van der Waals surface area contributed by atoms with E-state index in [2.05, 4.69) is 22.7 Å². The summed E-state index contributed by atoms with van der Waals surface area (Å²) in [6.45, 7) is 11.2. The summed E-state index contributed by atoms with van der Waals surface area (Å²) in [7, 11) is 0. The molecule has 1 aromatic heterocycles. The van der Waals surface area contributed by atoms with Gasteiger partial charge >= 0.3 is 6.09 Å². The molecule has 3 aliphatic rings. The molecular formula is C32H44FN5O5. The molecule has 10 nitrogen and oxygen atoms in total. The maximum Gasteiger partial charge on any atom is 0.414 e. The summed E-state index contributed by atoms with van der Waals surface area (Å²) in [6, 6.07) is 3.78. The van der Waals surface area contributed by atoms with E-state index in [1.54, 1.807) is 43.8 Å². The van der Waals surface area contributed by atoms with Gasteiger partial charge in [-0.15, -0.1) is 0 Å². The lowest BCUT2D eigenvalue weighted by Gasteiger charge is -2.34. The Balaban J connectivity index is 1.44. The highest BCUT2D eigenvalue weighted by Gasteiger charge is 2.49. The number of hydrogen-bond donors (Lipinski definition) is 2. The lowest BCUT2D eigenvalue weighted by atomic mass is 9.75. The van der Waals surface area contributed by atoms with Gasteiger partial charge in [0.25, 0.3) is 5.91 Å². The number of benzene rings is 1. The number of fused-ring (bicyclic) bond motifs is 2. The van der Waals surface area contributed by atoms with E-state index >= 15 is 4.39 Å². The monoisotopic (exact) mass is 597 g/mol. The minimum absolute atomic E-state index is 0.0683. The minimum atomic E-state index is -0.819. The second kappa shape index (κ2) is 12.3. The Morgan fingerprint density at radius 3 is 2.51 bits per heavy atom. The summed E-state index contributed by atoms with van der Waals surface area (Å²) >= 11 is 0. The number of amides is 3. The van der Waals surface area contributed by atoms with Gasteiger partial charge in [-0.05, 0) is 83.4 Å². The normalized spacial score (nSPS) is 22.1. The third kappa shape index (κ3) is 6.56. The molecule has 0 radical (unpaired) electrons. The smallest absolute Gasteiger partial charge is 0.414 e. The van der Waals surface area contributed by atoms with Crippen LogP contribution in [0.25, 0.3) is 0 Å². The third-order valence-electron chi connectivity index (χ3n) is 9.03. The molecule has 2 fully saturated rings. The van der Waals surface area contributed by atoms with Crippen LogP contribution < -0.4 is 15.5 Å². The van der Waals surface area contributed by atoms with Crippen LogP contribution in [0.15, 0.2) is 24.4 Å². The van der Waals surface area contributed by atoms with Gasteiger partial charge in [-0.1, -0.05) is 19.8 Å². The molecule has 43 heavy (non-hydrogen) atoms. The molecule has 3 amide bonds. The maximum atomic E-state index is 16.0. The van der Waals surface area contributed by atoms with Crippen LogP contribution in [-0.2, 0) is 26.2 Å². The van der Waals surface area contributed by atoms with Crippen LogP contribution in [0.2, 0.25) is 0 Å². The van der Waals surface area contributed by atoms with Crippen molar-refractivity contribution in [1.29, 1.82) is 0 Å². The van der Waals surface area contributed by atoms with Crippen LogP contribution in [0.1, 0.15) is 89.2 Å². The standard InChI is InChI=1S/C32H44FN5O5/c1-6-38-24(11-14-34-38)28(39)36-27(21-9-7-20(2)8-10-21)29(40)35-22-17-23(33)26-25(18-22)37(30(41)43-31(3,4)5)19-32(26)12-15-42-16-13-32/h11,14,17-18,20-21,27H,6-10,12-13,15-16,19H2,1-5H3,(H,35,40)(H,36,39)/t20?,21?,27-/m0/s1. The Kier molecular flexibility index (Phi) is 8.83. The number of anilines is 2. The summed E-state index contributed by atoms with van der Waals surface area (Å²) in [5.74, 6) is -0.798. The van der Waals surface area contributed by atoms with Crippen molar-refractivity contribution in [3.05, 3.63) is 41.5 Å². The predicted octanol–water partition coefficient (Wildman–Crippen LogP) is 5.41. The van der Waals surface area contributed by atoms with Gasteiger partial charge in [-0.25, -0.2) is 9.18 Å². The molecule has 1 saturated carbocycles. The van der Waals surface area contributed by atoms with Crippen LogP contribution >= 0.6 is 0 Å². The van der Waals surface area contributed by atoms with Crippen LogP contribution in [0.5, 0.6) is 0 Å². The summed E-state index contributed by atoms with van der Waals surface area (Å²) in [4.78, 5) is 42.0. The molecule has 1 spiro atoms. The number of carbonyl (C=O) groups excluding carboxylic acids is 3. The highest BCUT2D eigenvalue weighted by molar-refractivity contribution is 6.01. The van der Waals surface area contributed by atoms with Crippen LogP contribution in [0.4, 0.5) is 20.6 Å². The van der Waals surface area contributed by atoms with Gasteiger partial charge in [0.2, 0.25) is 5.91 Å². The first-order chi connectivity index (χ1) is 20.4. The average Bonchev–Trinajstić information content (AvgIpc) is 3.55. The number of rotatable bonds is 6. The third-order valence-corrected chi connectivity index (χ3v) is 9.03. The van der Waals surface area contributed by atoms with Crippen LogP contribution in [0, 0.1) is 17.7 Å². The molecule has 2 N–H and O–H groups in total. The summed E-state index contributed by atoms with van der Waals surface area (Å²) in [5, 5.41) is 10.0. The number of hydrogen-bond acceptors (Lipinski definition) is 6. The highest BCUT2D eigenvalue weighted by Crippen LogP contribution is 2.49. The second-order valence-corrected chi connectivity index (χ2v) is 13.3. The first-order valence-corrected chi connectivity index (χ1v) is 15.5. The molecule has 0 unspecified atom stereocenters. The molecular weight excluding hydrogens is 553 g/mol. The minimum Gasteiger partial charge on any atom is -0.443 e.